The summed E-state index contributed by atoms with van der Waals surface area (Å²) in [6.07, 6.45) is 10.1. The van der Waals surface area contributed by atoms with Crippen LogP contribution in [0.4, 0.5) is 0 Å². The molecule has 0 bridgehead atoms. The highest BCUT2D eigenvalue weighted by molar-refractivity contribution is 8.18. The maximum atomic E-state index is 5.20. The van der Waals surface area contributed by atoms with Crippen LogP contribution in [0.1, 0.15) is 23.1 Å². The Hall–Kier alpha value is -1.58. The predicted octanol–water partition coefficient (Wildman–Crippen LogP) is 6.30. The number of aryl methyl sites for hydroxylation is 1. The number of methoxy groups -OCH3 is 1. The summed E-state index contributed by atoms with van der Waals surface area (Å²) < 4.78 is 5.24. The van der Waals surface area contributed by atoms with Gasteiger partial charge in [-0.1, -0.05) is 66.3 Å². The highest BCUT2D eigenvalue weighted by Crippen LogP contribution is 2.51. The van der Waals surface area contributed by atoms with E-state index in [0.717, 1.165) is 5.75 Å². The minimum absolute atomic E-state index is 0.0362. The lowest BCUT2D eigenvalue weighted by Crippen LogP contribution is -2.20. The summed E-state index contributed by atoms with van der Waals surface area (Å²) >= 11 is 4.10. The normalized spacial score (nSPS) is 17.2. The minimum atomic E-state index is 0.0362. The number of ether oxygens (including phenoxy) is 1. The van der Waals surface area contributed by atoms with Gasteiger partial charge in [0.15, 0.2) is 0 Å². The average molecular weight is 369 g/mol. The fourth-order valence-corrected chi connectivity index (χ4v) is 5.97. The molecule has 3 heteroatoms. The third kappa shape index (κ3) is 4.74. The molecule has 1 nitrogen and oxygen atoms in total. The van der Waals surface area contributed by atoms with Crippen LogP contribution in [0, 0.1) is 6.92 Å². The van der Waals surface area contributed by atoms with Crippen LogP contribution in [0.3, 0.4) is 0 Å². The van der Waals surface area contributed by atoms with E-state index in [4.69, 9.17) is 4.74 Å². The highest BCUT2D eigenvalue weighted by atomic mass is 32.2. The molecular weight excluding hydrogens is 344 g/mol. The van der Waals surface area contributed by atoms with E-state index in [2.05, 4.69) is 67.6 Å². The molecule has 25 heavy (non-hydrogen) atoms. The van der Waals surface area contributed by atoms with Gasteiger partial charge in [0.2, 0.25) is 0 Å². The van der Waals surface area contributed by atoms with Crippen LogP contribution < -0.4 is 4.74 Å². The molecule has 1 aliphatic heterocycles. The van der Waals surface area contributed by atoms with Crippen molar-refractivity contribution in [1.29, 1.82) is 0 Å². The van der Waals surface area contributed by atoms with Gasteiger partial charge in [-0.3, -0.25) is 0 Å². The zero-order valence-electron chi connectivity index (χ0n) is 14.8. The van der Waals surface area contributed by atoms with Crippen LogP contribution in [0.25, 0.3) is 6.08 Å². The van der Waals surface area contributed by atoms with E-state index < -0.39 is 0 Å². The van der Waals surface area contributed by atoms with Gasteiger partial charge in [-0.25, -0.2) is 0 Å². The molecule has 2 aromatic rings. The predicted molar refractivity (Wildman–Crippen MR) is 114 cm³/mol. The Bertz CT molecular complexity index is 741. The lowest BCUT2D eigenvalue weighted by atomic mass is 10.1. The first-order valence-corrected chi connectivity index (χ1v) is 10.5. The van der Waals surface area contributed by atoms with Crippen LogP contribution in [0.5, 0.6) is 5.75 Å². The van der Waals surface area contributed by atoms with Crippen LogP contribution >= 0.6 is 23.5 Å². The third-order valence-corrected chi connectivity index (χ3v) is 7.47. The molecule has 0 spiro atoms. The molecule has 0 aliphatic carbocycles. The van der Waals surface area contributed by atoms with E-state index in [-0.39, 0.29) is 4.08 Å². The second-order valence-corrected chi connectivity index (χ2v) is 9.02. The van der Waals surface area contributed by atoms with Crippen LogP contribution in [-0.4, -0.2) is 18.6 Å². The third-order valence-electron chi connectivity index (χ3n) is 4.17. The second-order valence-electron chi connectivity index (χ2n) is 6.08. The Morgan fingerprint density at radius 1 is 1.00 bits per heavy atom. The van der Waals surface area contributed by atoms with Crippen molar-refractivity contribution in [2.24, 2.45) is 0 Å². The van der Waals surface area contributed by atoms with Crippen molar-refractivity contribution in [3.8, 4) is 5.75 Å². The van der Waals surface area contributed by atoms with Crippen molar-refractivity contribution >= 4 is 29.6 Å². The summed E-state index contributed by atoms with van der Waals surface area (Å²) in [7, 11) is 1.69. The van der Waals surface area contributed by atoms with E-state index in [1.54, 1.807) is 7.11 Å². The maximum Gasteiger partial charge on any atom is 0.118 e. The number of rotatable bonds is 5. The van der Waals surface area contributed by atoms with E-state index >= 15 is 0 Å². The molecule has 1 fully saturated rings. The van der Waals surface area contributed by atoms with Gasteiger partial charge < -0.3 is 4.74 Å². The molecular formula is C22H24OS2. The molecule has 0 saturated carbocycles. The molecule has 0 amide bonds. The SMILES string of the molecule is COc1ccc(/C=C/C=C/C2(c3cccc(C)c3)SCCCS2)cc1. The van der Waals surface area contributed by atoms with Gasteiger partial charge in [0.1, 0.15) is 9.83 Å². The molecule has 0 radical (unpaired) electrons. The van der Waals surface area contributed by atoms with E-state index in [9.17, 15) is 0 Å². The Labute approximate surface area is 159 Å². The largest absolute Gasteiger partial charge is 0.497 e. The lowest BCUT2D eigenvalue weighted by Gasteiger charge is -2.34. The Kier molecular flexibility index (Phi) is 6.33. The average Bonchev–Trinajstić information content (AvgIpc) is 2.66. The van der Waals surface area contributed by atoms with Crippen LogP contribution in [-0.2, 0) is 4.08 Å². The van der Waals surface area contributed by atoms with Crippen molar-refractivity contribution in [3.05, 3.63) is 83.4 Å². The smallest absolute Gasteiger partial charge is 0.118 e. The summed E-state index contributed by atoms with van der Waals surface area (Å²) in [5, 5.41) is 0. The standard InChI is InChI=1S/C22H24OS2/c1-18-7-5-9-20(17-18)22(24-15-6-16-25-22)14-4-3-8-19-10-12-21(23-2)13-11-19/h3-5,7-14,17H,6,15-16H2,1-2H3/b8-3+,14-4+. The van der Waals surface area contributed by atoms with Gasteiger partial charge in [-0.2, -0.15) is 0 Å². The van der Waals surface area contributed by atoms with Gasteiger partial charge in [-0.15, -0.1) is 23.5 Å². The van der Waals surface area contributed by atoms with E-state index in [1.165, 1.54) is 34.6 Å². The number of thioether (sulfide) groups is 2. The first-order valence-electron chi connectivity index (χ1n) is 8.57. The fourth-order valence-electron chi connectivity index (χ4n) is 2.83. The zero-order chi connectivity index (χ0) is 17.5. The monoisotopic (exact) mass is 368 g/mol. The summed E-state index contributed by atoms with van der Waals surface area (Å²) in [6.45, 7) is 2.17. The van der Waals surface area contributed by atoms with Crippen molar-refractivity contribution in [2.75, 3.05) is 18.6 Å². The van der Waals surface area contributed by atoms with Gasteiger partial charge in [0.25, 0.3) is 0 Å². The van der Waals surface area contributed by atoms with Gasteiger partial charge in [0.05, 0.1) is 7.11 Å². The number of benzene rings is 2. The Morgan fingerprint density at radius 2 is 1.76 bits per heavy atom. The molecule has 3 rings (SSSR count). The fraction of sp³-hybridized carbons (Fsp3) is 0.273. The second kappa shape index (κ2) is 8.68. The molecule has 130 valence electrons. The molecule has 1 saturated heterocycles. The van der Waals surface area contributed by atoms with Gasteiger partial charge in [0, 0.05) is 0 Å². The lowest BCUT2D eigenvalue weighted by molar-refractivity contribution is 0.415. The summed E-state index contributed by atoms with van der Waals surface area (Å²) in [6, 6.07) is 17.0. The molecule has 1 heterocycles. The maximum absolute atomic E-state index is 5.20. The van der Waals surface area contributed by atoms with Crippen LogP contribution in [0.15, 0.2) is 66.8 Å². The quantitative estimate of drug-likeness (QED) is 0.573. The number of hydrogen-bond donors (Lipinski definition) is 0. The number of allylic oxidation sites excluding steroid dienone is 2. The zero-order valence-corrected chi connectivity index (χ0v) is 16.4. The molecule has 0 N–H and O–H groups in total. The van der Waals surface area contributed by atoms with Crippen molar-refractivity contribution in [3.63, 3.8) is 0 Å². The van der Waals surface area contributed by atoms with Crippen molar-refractivity contribution in [2.45, 2.75) is 17.4 Å². The summed E-state index contributed by atoms with van der Waals surface area (Å²) in [5.41, 5.74) is 3.90. The van der Waals surface area contributed by atoms with Crippen LogP contribution in [0.2, 0.25) is 0 Å². The van der Waals surface area contributed by atoms with E-state index in [1.807, 2.05) is 35.7 Å². The summed E-state index contributed by atoms with van der Waals surface area (Å²) in [5.74, 6) is 3.32. The molecule has 1 aliphatic rings. The van der Waals surface area contributed by atoms with Gasteiger partial charge in [-0.05, 0) is 48.1 Å². The molecule has 0 atom stereocenters. The first kappa shape index (κ1) is 18.2. The Balaban J connectivity index is 1.77. The van der Waals surface area contributed by atoms with Crippen molar-refractivity contribution < 1.29 is 4.74 Å². The number of hydrogen-bond acceptors (Lipinski definition) is 3. The first-order chi connectivity index (χ1) is 12.2. The Morgan fingerprint density at radius 3 is 2.44 bits per heavy atom. The molecule has 0 unspecified atom stereocenters. The van der Waals surface area contributed by atoms with Gasteiger partial charge >= 0.3 is 0 Å². The highest BCUT2D eigenvalue weighted by Gasteiger charge is 2.32. The molecule has 0 aromatic heterocycles. The minimum Gasteiger partial charge on any atom is -0.497 e. The topological polar surface area (TPSA) is 9.23 Å². The van der Waals surface area contributed by atoms with Crippen molar-refractivity contribution in [1.82, 2.24) is 0 Å². The van der Waals surface area contributed by atoms with E-state index in [0.29, 0.717) is 0 Å². The summed E-state index contributed by atoms with van der Waals surface area (Å²) in [4.78, 5) is 0. The molecule has 2 aromatic carbocycles.